The quantitative estimate of drug-likeness (QED) is 0.550. The summed E-state index contributed by atoms with van der Waals surface area (Å²) in [7, 11) is 1.65. The van der Waals surface area contributed by atoms with Crippen molar-refractivity contribution >= 4 is 11.8 Å². The summed E-state index contributed by atoms with van der Waals surface area (Å²) in [5.74, 6) is 7.94. The summed E-state index contributed by atoms with van der Waals surface area (Å²) in [6, 6.07) is 14.0. The first-order valence-corrected chi connectivity index (χ1v) is 8.38. The van der Waals surface area contributed by atoms with Gasteiger partial charge in [-0.25, -0.2) is 9.07 Å². The molecule has 2 aromatic carbocycles. The molecule has 0 aliphatic rings. The Hall–Kier alpha value is -2.54. The van der Waals surface area contributed by atoms with Crippen LogP contribution in [-0.2, 0) is 6.42 Å². The number of methoxy groups -OCH3 is 1. The lowest BCUT2D eigenvalue weighted by molar-refractivity contribution is 0.414. The number of hydrogen-bond donors (Lipinski definition) is 1. The minimum Gasteiger partial charge on any atom is -0.497 e. The van der Waals surface area contributed by atoms with Gasteiger partial charge in [0.15, 0.2) is 5.82 Å². The second kappa shape index (κ2) is 7.35. The lowest BCUT2D eigenvalue weighted by Gasteiger charge is -2.05. The fraction of sp³-hybridized carbons (Fsp3) is 0.176. The van der Waals surface area contributed by atoms with Crippen molar-refractivity contribution in [2.75, 3.05) is 18.7 Å². The van der Waals surface area contributed by atoms with Gasteiger partial charge in [0.2, 0.25) is 5.16 Å². The monoisotopic (exact) mass is 344 g/mol. The number of aryl methyl sites for hydroxylation is 1. The van der Waals surface area contributed by atoms with Crippen molar-refractivity contribution in [3.63, 3.8) is 0 Å². The van der Waals surface area contributed by atoms with Gasteiger partial charge in [-0.1, -0.05) is 23.9 Å². The molecule has 3 rings (SSSR count). The van der Waals surface area contributed by atoms with Crippen LogP contribution in [0.1, 0.15) is 5.56 Å². The van der Waals surface area contributed by atoms with Gasteiger partial charge in [0, 0.05) is 11.3 Å². The number of benzene rings is 2. The van der Waals surface area contributed by atoms with Gasteiger partial charge in [-0.2, -0.15) is 0 Å². The van der Waals surface area contributed by atoms with Gasteiger partial charge in [0.25, 0.3) is 0 Å². The maximum Gasteiger partial charge on any atom is 0.210 e. The Morgan fingerprint density at radius 3 is 2.46 bits per heavy atom. The van der Waals surface area contributed by atoms with Crippen LogP contribution in [0.15, 0.2) is 53.7 Å². The fourth-order valence-corrected chi connectivity index (χ4v) is 3.07. The third-order valence-corrected chi connectivity index (χ3v) is 4.49. The van der Waals surface area contributed by atoms with Crippen LogP contribution in [0.2, 0.25) is 0 Å². The molecule has 124 valence electrons. The number of nitrogens with two attached hydrogens (primary N) is 1. The van der Waals surface area contributed by atoms with Crippen LogP contribution >= 0.6 is 11.8 Å². The highest BCUT2D eigenvalue weighted by Gasteiger charge is 2.12. The molecule has 1 heterocycles. The molecule has 7 heteroatoms. The number of hydrogen-bond acceptors (Lipinski definition) is 5. The summed E-state index contributed by atoms with van der Waals surface area (Å²) in [6.07, 6.45) is 0.882. The van der Waals surface area contributed by atoms with Gasteiger partial charge in [0.05, 0.1) is 7.11 Å². The maximum absolute atomic E-state index is 13.0. The number of nitrogen functional groups attached to an aromatic ring is 1. The van der Waals surface area contributed by atoms with Crippen LogP contribution in [0, 0.1) is 5.82 Å². The Kier molecular flexibility index (Phi) is 5.00. The van der Waals surface area contributed by atoms with E-state index in [-0.39, 0.29) is 5.82 Å². The lowest BCUT2D eigenvalue weighted by Crippen LogP contribution is -2.11. The molecule has 0 amide bonds. The van der Waals surface area contributed by atoms with Crippen LogP contribution in [0.5, 0.6) is 5.75 Å². The molecule has 0 spiro atoms. The van der Waals surface area contributed by atoms with Crippen molar-refractivity contribution in [2.24, 2.45) is 0 Å². The van der Waals surface area contributed by atoms with E-state index >= 15 is 0 Å². The standard InChI is InChI=1S/C17H17FN4OS/c1-23-15-8-2-12(3-9-15)10-11-24-17-21-20-16(22(17)19)13-4-6-14(18)7-5-13/h2-9H,10-11,19H2,1H3. The zero-order chi connectivity index (χ0) is 16.9. The molecule has 24 heavy (non-hydrogen) atoms. The van der Waals surface area contributed by atoms with Crippen LogP contribution in [-0.4, -0.2) is 27.7 Å². The number of halogens is 1. The zero-order valence-corrected chi connectivity index (χ0v) is 14.0. The molecule has 3 aromatic rings. The number of nitrogens with zero attached hydrogens (tertiary/aromatic N) is 3. The van der Waals surface area contributed by atoms with Gasteiger partial charge in [0.1, 0.15) is 11.6 Å². The highest BCUT2D eigenvalue weighted by molar-refractivity contribution is 7.99. The van der Waals surface area contributed by atoms with E-state index in [1.54, 1.807) is 19.2 Å². The molecule has 0 saturated heterocycles. The van der Waals surface area contributed by atoms with E-state index in [4.69, 9.17) is 10.6 Å². The molecule has 0 fully saturated rings. The molecule has 1 aromatic heterocycles. The van der Waals surface area contributed by atoms with Crippen molar-refractivity contribution < 1.29 is 9.13 Å². The second-order valence-electron chi connectivity index (χ2n) is 5.13. The molecular formula is C17H17FN4OS. The highest BCUT2D eigenvalue weighted by Crippen LogP contribution is 2.22. The summed E-state index contributed by atoms with van der Waals surface area (Å²) < 4.78 is 19.6. The predicted octanol–water partition coefficient (Wildman–Crippen LogP) is 3.14. The summed E-state index contributed by atoms with van der Waals surface area (Å²) in [5, 5.41) is 8.83. The molecule has 0 radical (unpaired) electrons. The normalized spacial score (nSPS) is 10.8. The molecule has 0 bridgehead atoms. The van der Waals surface area contributed by atoms with Gasteiger partial charge in [-0.05, 0) is 48.4 Å². The Morgan fingerprint density at radius 1 is 1.08 bits per heavy atom. The number of aromatic nitrogens is 3. The zero-order valence-electron chi connectivity index (χ0n) is 13.1. The van der Waals surface area contributed by atoms with E-state index in [2.05, 4.69) is 10.2 Å². The predicted molar refractivity (Wildman–Crippen MR) is 93.0 cm³/mol. The summed E-state index contributed by atoms with van der Waals surface area (Å²) in [5.41, 5.74) is 1.94. The van der Waals surface area contributed by atoms with Crippen molar-refractivity contribution in [1.82, 2.24) is 14.9 Å². The molecule has 2 N–H and O–H groups in total. The molecule has 0 aliphatic heterocycles. The number of thioether (sulfide) groups is 1. The van der Waals surface area contributed by atoms with E-state index < -0.39 is 0 Å². The lowest BCUT2D eigenvalue weighted by atomic mass is 10.2. The van der Waals surface area contributed by atoms with Crippen molar-refractivity contribution in [2.45, 2.75) is 11.6 Å². The third kappa shape index (κ3) is 3.68. The Labute approximate surface area is 143 Å². The first kappa shape index (κ1) is 16.3. The molecule has 0 atom stereocenters. The Morgan fingerprint density at radius 2 is 1.79 bits per heavy atom. The van der Waals surface area contributed by atoms with Gasteiger partial charge < -0.3 is 10.6 Å². The van der Waals surface area contributed by atoms with Gasteiger partial charge in [-0.15, -0.1) is 10.2 Å². The van der Waals surface area contributed by atoms with Crippen LogP contribution in [0.3, 0.4) is 0 Å². The summed E-state index contributed by atoms with van der Waals surface area (Å²) >= 11 is 1.53. The Bertz CT molecular complexity index is 802. The van der Waals surface area contributed by atoms with E-state index in [0.717, 1.165) is 23.5 Å². The van der Waals surface area contributed by atoms with Crippen molar-refractivity contribution in [1.29, 1.82) is 0 Å². The molecule has 0 saturated carbocycles. The van der Waals surface area contributed by atoms with Crippen LogP contribution in [0.25, 0.3) is 11.4 Å². The fourth-order valence-electron chi connectivity index (χ4n) is 2.22. The number of ether oxygens (including phenoxy) is 1. The first-order valence-electron chi connectivity index (χ1n) is 7.39. The molecule has 0 unspecified atom stereocenters. The molecule has 5 nitrogen and oxygen atoms in total. The van der Waals surface area contributed by atoms with Crippen LogP contribution < -0.4 is 10.6 Å². The smallest absolute Gasteiger partial charge is 0.210 e. The van der Waals surface area contributed by atoms with Crippen molar-refractivity contribution in [3.05, 3.63) is 59.9 Å². The average Bonchev–Trinajstić information content (AvgIpc) is 2.97. The summed E-state index contributed by atoms with van der Waals surface area (Å²) in [4.78, 5) is 0. The second-order valence-corrected chi connectivity index (χ2v) is 6.19. The SMILES string of the molecule is COc1ccc(CCSc2nnc(-c3ccc(F)cc3)n2N)cc1. The van der Waals surface area contributed by atoms with Crippen LogP contribution in [0.4, 0.5) is 4.39 Å². The minimum atomic E-state index is -0.295. The first-order chi connectivity index (χ1) is 11.7. The third-order valence-electron chi connectivity index (χ3n) is 3.55. The minimum absolute atomic E-state index is 0.295. The maximum atomic E-state index is 13.0. The van der Waals surface area contributed by atoms with E-state index in [1.807, 2.05) is 24.3 Å². The Balaban J connectivity index is 1.62. The summed E-state index contributed by atoms with van der Waals surface area (Å²) in [6.45, 7) is 0. The molecular weight excluding hydrogens is 327 g/mol. The topological polar surface area (TPSA) is 66.0 Å². The largest absolute Gasteiger partial charge is 0.497 e. The number of rotatable bonds is 6. The van der Waals surface area contributed by atoms with E-state index in [1.165, 1.54) is 34.1 Å². The van der Waals surface area contributed by atoms with Crippen molar-refractivity contribution in [3.8, 4) is 17.1 Å². The van der Waals surface area contributed by atoms with E-state index in [9.17, 15) is 4.39 Å². The molecule has 0 aliphatic carbocycles. The highest BCUT2D eigenvalue weighted by atomic mass is 32.2. The van der Waals surface area contributed by atoms with E-state index in [0.29, 0.717) is 11.0 Å². The average molecular weight is 344 g/mol. The van der Waals surface area contributed by atoms with Gasteiger partial charge >= 0.3 is 0 Å². The van der Waals surface area contributed by atoms with Gasteiger partial charge in [-0.3, -0.25) is 0 Å².